The molecular weight excluding hydrogens is 310 g/mol. The first kappa shape index (κ1) is 17.5. The lowest BCUT2D eigenvalue weighted by Crippen LogP contribution is -2.29. The maximum Gasteiger partial charge on any atom is 0.252 e. The third kappa shape index (κ3) is 4.13. The van der Waals surface area contributed by atoms with Gasteiger partial charge in [-0.15, -0.1) is 0 Å². The lowest BCUT2D eigenvalue weighted by molar-refractivity contribution is 0.0933. The second kappa shape index (κ2) is 8.14. The number of carbonyl (C=O) groups excluding carboxylic acids is 1. The first-order valence-electron chi connectivity index (χ1n) is 7.61. The summed E-state index contributed by atoms with van der Waals surface area (Å²) in [5.74, 6) is 1.70. The molecule has 0 saturated carbocycles. The van der Waals surface area contributed by atoms with Gasteiger partial charge in [-0.25, -0.2) is 0 Å². The van der Waals surface area contributed by atoms with Crippen molar-refractivity contribution < 1.29 is 18.8 Å². The molecule has 1 N–H and O–H groups in total. The van der Waals surface area contributed by atoms with Crippen LogP contribution in [0.4, 0.5) is 0 Å². The van der Waals surface area contributed by atoms with Crippen molar-refractivity contribution >= 4 is 5.91 Å². The first-order chi connectivity index (χ1) is 11.6. The van der Waals surface area contributed by atoms with Gasteiger partial charge < -0.3 is 19.3 Å². The quantitative estimate of drug-likeness (QED) is 0.749. The summed E-state index contributed by atoms with van der Waals surface area (Å²) in [6, 6.07) is 4.67. The Bertz CT molecular complexity index is 712. The van der Waals surface area contributed by atoms with E-state index >= 15 is 0 Å². The first-order valence-corrected chi connectivity index (χ1v) is 7.61. The highest BCUT2D eigenvalue weighted by Crippen LogP contribution is 2.28. The van der Waals surface area contributed by atoms with Gasteiger partial charge in [0.15, 0.2) is 17.3 Å². The lowest BCUT2D eigenvalue weighted by Gasteiger charge is -2.15. The fourth-order valence-electron chi connectivity index (χ4n) is 2.12. The molecule has 1 atom stereocenters. The zero-order valence-electron chi connectivity index (χ0n) is 14.0. The highest BCUT2D eigenvalue weighted by molar-refractivity contribution is 5.95. The predicted octanol–water partition coefficient (Wildman–Crippen LogP) is 2.83. The minimum atomic E-state index is -0.322. The number of methoxy groups -OCH3 is 1. The molecule has 1 amide bonds. The highest BCUT2D eigenvalue weighted by Gasteiger charge is 2.19. The van der Waals surface area contributed by atoms with Gasteiger partial charge in [0, 0.05) is 12.5 Å². The van der Waals surface area contributed by atoms with Gasteiger partial charge in [-0.3, -0.25) is 4.79 Å². The molecule has 0 aliphatic rings. The maximum absolute atomic E-state index is 12.5. The van der Waals surface area contributed by atoms with Crippen LogP contribution in [0, 0.1) is 6.92 Å². The van der Waals surface area contributed by atoms with E-state index in [1.807, 2.05) is 6.92 Å². The van der Waals surface area contributed by atoms with Crippen LogP contribution >= 0.6 is 0 Å². The Morgan fingerprint density at radius 1 is 1.46 bits per heavy atom. The number of aromatic nitrogens is 2. The Balaban J connectivity index is 2.15. The lowest BCUT2D eigenvalue weighted by atomic mass is 10.1. The number of nitrogens with one attached hydrogen (secondary N) is 1. The van der Waals surface area contributed by atoms with Crippen LogP contribution in [0.2, 0.25) is 0 Å². The normalized spacial score (nSPS) is 11.6. The standard InChI is InChI=1S/C17H21N3O4/c1-5-9-23-14-8-7-12(10-15(14)22-4)17(21)19-13(6-2)16-18-11(3)24-20-16/h5,7-8,10,13H,1,6,9H2,2-4H3,(H,19,21). The number of benzene rings is 1. The second-order valence-electron chi connectivity index (χ2n) is 5.07. The fraction of sp³-hybridized carbons (Fsp3) is 0.353. The molecule has 1 unspecified atom stereocenters. The van der Waals surface area contributed by atoms with E-state index in [0.29, 0.717) is 41.8 Å². The van der Waals surface area contributed by atoms with E-state index < -0.39 is 0 Å². The van der Waals surface area contributed by atoms with Crippen LogP contribution in [0.1, 0.15) is 41.5 Å². The van der Waals surface area contributed by atoms with Crippen LogP contribution in [-0.2, 0) is 0 Å². The summed E-state index contributed by atoms with van der Waals surface area (Å²) >= 11 is 0. The van der Waals surface area contributed by atoms with Gasteiger partial charge in [0.2, 0.25) is 5.89 Å². The second-order valence-corrected chi connectivity index (χ2v) is 5.07. The number of hydrogen-bond acceptors (Lipinski definition) is 6. The molecule has 0 spiro atoms. The van der Waals surface area contributed by atoms with Gasteiger partial charge in [-0.05, 0) is 24.6 Å². The molecule has 0 aliphatic heterocycles. The minimum Gasteiger partial charge on any atom is -0.493 e. The summed E-state index contributed by atoms with van der Waals surface area (Å²) in [5, 5.41) is 6.75. The van der Waals surface area contributed by atoms with Crippen molar-refractivity contribution in [3.63, 3.8) is 0 Å². The topological polar surface area (TPSA) is 86.5 Å². The Morgan fingerprint density at radius 2 is 2.25 bits per heavy atom. The molecule has 2 aromatic rings. The van der Waals surface area contributed by atoms with Gasteiger partial charge in [-0.1, -0.05) is 24.7 Å². The summed E-state index contributed by atoms with van der Waals surface area (Å²) in [5.41, 5.74) is 0.455. The van der Waals surface area contributed by atoms with E-state index in [9.17, 15) is 4.79 Å². The molecule has 0 aliphatic carbocycles. The number of amides is 1. The van der Waals surface area contributed by atoms with Crippen LogP contribution in [0.5, 0.6) is 11.5 Å². The fourth-order valence-corrected chi connectivity index (χ4v) is 2.12. The van der Waals surface area contributed by atoms with Crippen LogP contribution in [0.3, 0.4) is 0 Å². The summed E-state index contributed by atoms with van der Waals surface area (Å²) in [7, 11) is 1.52. The van der Waals surface area contributed by atoms with Gasteiger partial charge in [0.1, 0.15) is 6.61 Å². The van der Waals surface area contributed by atoms with Crippen molar-refractivity contribution in [1.82, 2.24) is 15.5 Å². The van der Waals surface area contributed by atoms with Crippen LogP contribution < -0.4 is 14.8 Å². The number of ether oxygens (including phenoxy) is 2. The van der Waals surface area contributed by atoms with Crippen LogP contribution in [0.25, 0.3) is 0 Å². The number of rotatable bonds is 8. The van der Waals surface area contributed by atoms with E-state index in [1.165, 1.54) is 7.11 Å². The third-order valence-corrected chi connectivity index (χ3v) is 3.35. The molecule has 0 bridgehead atoms. The molecule has 128 valence electrons. The monoisotopic (exact) mass is 331 g/mol. The molecule has 1 aromatic carbocycles. The molecule has 7 heteroatoms. The SMILES string of the molecule is C=CCOc1ccc(C(=O)NC(CC)c2noc(C)n2)cc1OC. The van der Waals surface area contributed by atoms with Crippen molar-refractivity contribution in [3.8, 4) is 11.5 Å². The molecule has 7 nitrogen and oxygen atoms in total. The molecule has 24 heavy (non-hydrogen) atoms. The summed E-state index contributed by atoms with van der Waals surface area (Å²) < 4.78 is 15.7. The molecule has 1 heterocycles. The van der Waals surface area contributed by atoms with Crippen LogP contribution in [-0.4, -0.2) is 29.8 Å². The molecule has 1 aromatic heterocycles. The largest absolute Gasteiger partial charge is 0.493 e. The molecule has 2 rings (SSSR count). The Kier molecular flexibility index (Phi) is 5.95. The zero-order valence-corrected chi connectivity index (χ0v) is 14.0. The minimum absolute atomic E-state index is 0.252. The van der Waals surface area contributed by atoms with Crippen molar-refractivity contribution in [2.45, 2.75) is 26.3 Å². The third-order valence-electron chi connectivity index (χ3n) is 3.35. The molecular formula is C17H21N3O4. The van der Waals surface area contributed by atoms with E-state index in [-0.39, 0.29) is 11.9 Å². The predicted molar refractivity (Wildman–Crippen MR) is 88.2 cm³/mol. The van der Waals surface area contributed by atoms with Crippen molar-refractivity contribution in [2.75, 3.05) is 13.7 Å². The van der Waals surface area contributed by atoms with Crippen molar-refractivity contribution in [3.05, 3.63) is 48.1 Å². The van der Waals surface area contributed by atoms with Crippen LogP contribution in [0.15, 0.2) is 35.4 Å². The number of nitrogens with zero attached hydrogens (tertiary/aromatic N) is 2. The zero-order chi connectivity index (χ0) is 17.5. The van der Waals surface area contributed by atoms with Gasteiger partial charge in [0.05, 0.1) is 13.2 Å². The number of aryl methyl sites for hydroxylation is 1. The van der Waals surface area contributed by atoms with Gasteiger partial charge in [0.25, 0.3) is 5.91 Å². The Hall–Kier alpha value is -2.83. The number of carbonyl (C=O) groups is 1. The van der Waals surface area contributed by atoms with E-state index in [2.05, 4.69) is 22.0 Å². The van der Waals surface area contributed by atoms with Crippen molar-refractivity contribution in [2.24, 2.45) is 0 Å². The summed E-state index contributed by atoms with van der Waals surface area (Å²) in [6.45, 7) is 7.60. The van der Waals surface area contributed by atoms with E-state index in [4.69, 9.17) is 14.0 Å². The Labute approximate surface area is 140 Å². The van der Waals surface area contributed by atoms with E-state index in [1.54, 1.807) is 31.2 Å². The molecule has 0 saturated heterocycles. The maximum atomic E-state index is 12.5. The molecule has 0 fully saturated rings. The van der Waals surface area contributed by atoms with Crippen molar-refractivity contribution in [1.29, 1.82) is 0 Å². The smallest absolute Gasteiger partial charge is 0.252 e. The van der Waals surface area contributed by atoms with E-state index in [0.717, 1.165) is 0 Å². The molecule has 0 radical (unpaired) electrons. The highest BCUT2D eigenvalue weighted by atomic mass is 16.5. The Morgan fingerprint density at radius 3 is 2.83 bits per heavy atom. The average Bonchev–Trinajstić information content (AvgIpc) is 3.03. The van der Waals surface area contributed by atoms with Gasteiger partial charge >= 0.3 is 0 Å². The average molecular weight is 331 g/mol. The number of hydrogen-bond donors (Lipinski definition) is 1. The summed E-state index contributed by atoms with van der Waals surface area (Å²) in [4.78, 5) is 16.6. The van der Waals surface area contributed by atoms with Gasteiger partial charge in [-0.2, -0.15) is 4.98 Å². The summed E-state index contributed by atoms with van der Waals surface area (Å²) in [6.07, 6.45) is 2.28.